The quantitative estimate of drug-likeness (QED) is 0.0320. The minimum atomic E-state index is -0.841. The number of ether oxygens (including phenoxy) is 1. The number of aliphatic hydroxyl groups is 2. The van der Waals surface area contributed by atoms with E-state index < -0.39 is 12.1 Å². The van der Waals surface area contributed by atoms with E-state index in [1.54, 1.807) is 6.08 Å². The molecule has 1 amide bonds. The summed E-state index contributed by atoms with van der Waals surface area (Å²) in [5.74, 6) is -0.0417. The Morgan fingerprint density at radius 3 is 0.798 bits per heavy atom. The zero-order chi connectivity index (χ0) is 64.2. The van der Waals surface area contributed by atoms with Gasteiger partial charge in [0.25, 0.3) is 0 Å². The van der Waals surface area contributed by atoms with Gasteiger partial charge in [-0.15, -0.1) is 0 Å². The first-order chi connectivity index (χ1) is 44.0. The summed E-state index contributed by atoms with van der Waals surface area (Å²) in [6.45, 7) is 4.95. The number of rotatable bonds is 78. The first-order valence-corrected chi connectivity index (χ1v) is 41.1. The third-order valence-electron chi connectivity index (χ3n) is 19.5. The number of allylic oxidation sites excluding steroid dienone is 3. The van der Waals surface area contributed by atoms with Gasteiger partial charge >= 0.3 is 5.97 Å². The van der Waals surface area contributed by atoms with Crippen LogP contribution in [0.4, 0.5) is 0 Å². The maximum atomic E-state index is 12.5. The van der Waals surface area contributed by atoms with Crippen LogP contribution in [0.25, 0.3) is 0 Å². The lowest BCUT2D eigenvalue weighted by atomic mass is 10.0. The first kappa shape index (κ1) is 87.3. The van der Waals surface area contributed by atoms with Crippen LogP contribution < -0.4 is 5.32 Å². The van der Waals surface area contributed by atoms with Crippen LogP contribution in [-0.4, -0.2) is 47.4 Å². The average molecular weight is 1250 g/mol. The summed E-state index contributed by atoms with van der Waals surface area (Å²) in [5.41, 5.74) is 0. The molecule has 0 aliphatic rings. The maximum Gasteiger partial charge on any atom is 0.305 e. The molecular weight excluding hydrogens is 1090 g/mol. The van der Waals surface area contributed by atoms with Crippen molar-refractivity contribution in [2.24, 2.45) is 0 Å². The molecule has 3 N–H and O–H groups in total. The lowest BCUT2D eigenvalue weighted by molar-refractivity contribution is -0.143. The number of esters is 1. The van der Waals surface area contributed by atoms with E-state index in [0.717, 1.165) is 44.9 Å². The molecule has 0 spiro atoms. The van der Waals surface area contributed by atoms with Crippen molar-refractivity contribution in [2.75, 3.05) is 13.2 Å². The Hall–Kier alpha value is -1.66. The van der Waals surface area contributed by atoms with Crippen molar-refractivity contribution < 1.29 is 24.5 Å². The van der Waals surface area contributed by atoms with Gasteiger partial charge in [0.15, 0.2) is 0 Å². The van der Waals surface area contributed by atoms with E-state index in [4.69, 9.17) is 4.74 Å². The molecule has 6 heteroatoms. The van der Waals surface area contributed by atoms with Gasteiger partial charge in [0.2, 0.25) is 5.91 Å². The number of aliphatic hydroxyl groups excluding tert-OH is 2. The number of hydrogen-bond acceptors (Lipinski definition) is 5. The molecule has 89 heavy (non-hydrogen) atoms. The zero-order valence-corrected chi connectivity index (χ0v) is 60.7. The summed E-state index contributed by atoms with van der Waals surface area (Å²) in [6, 6.07) is -0.624. The Morgan fingerprint density at radius 2 is 0.528 bits per heavy atom. The normalized spacial score (nSPS) is 12.5. The second-order valence-corrected chi connectivity index (χ2v) is 28.5. The van der Waals surface area contributed by atoms with Crippen LogP contribution in [0, 0.1) is 0 Å². The van der Waals surface area contributed by atoms with Crippen LogP contribution in [0.15, 0.2) is 24.3 Å². The number of amides is 1. The van der Waals surface area contributed by atoms with Gasteiger partial charge in [-0.05, 0) is 57.8 Å². The molecule has 0 radical (unpaired) electrons. The fraction of sp³-hybridized carbons (Fsp3) is 0.928. The van der Waals surface area contributed by atoms with Crippen molar-refractivity contribution >= 4 is 11.9 Å². The number of carbonyl (C=O) groups is 2. The summed E-state index contributed by atoms with van der Waals surface area (Å²) in [4.78, 5) is 24.6. The largest absolute Gasteiger partial charge is 0.466 e. The van der Waals surface area contributed by atoms with Crippen LogP contribution in [0.2, 0.25) is 0 Å². The predicted molar refractivity (Wildman–Crippen MR) is 393 cm³/mol. The average Bonchev–Trinajstić information content (AvgIpc) is 3.60. The molecule has 6 nitrogen and oxygen atoms in total. The summed E-state index contributed by atoms with van der Waals surface area (Å²) in [5, 5.41) is 23.3. The lowest BCUT2D eigenvalue weighted by Crippen LogP contribution is -2.45. The number of carbonyl (C=O) groups excluding carboxylic acids is 2. The van der Waals surface area contributed by atoms with Crippen LogP contribution in [0.3, 0.4) is 0 Å². The third-order valence-corrected chi connectivity index (χ3v) is 19.5. The van der Waals surface area contributed by atoms with E-state index in [2.05, 4.69) is 31.3 Å². The molecule has 0 rings (SSSR count). The Morgan fingerprint density at radius 1 is 0.303 bits per heavy atom. The van der Waals surface area contributed by atoms with Crippen molar-refractivity contribution in [3.8, 4) is 0 Å². The Labute approximate surface area is 558 Å². The first-order valence-electron chi connectivity index (χ1n) is 41.1. The topological polar surface area (TPSA) is 95.9 Å². The molecule has 0 aromatic rings. The van der Waals surface area contributed by atoms with E-state index in [1.807, 2.05) is 6.08 Å². The van der Waals surface area contributed by atoms with Crippen molar-refractivity contribution in [1.29, 1.82) is 0 Å². The van der Waals surface area contributed by atoms with E-state index in [-0.39, 0.29) is 18.5 Å². The van der Waals surface area contributed by atoms with Crippen molar-refractivity contribution in [2.45, 2.75) is 482 Å². The molecule has 2 atom stereocenters. The predicted octanol–water partition coefficient (Wildman–Crippen LogP) is 27.2. The van der Waals surface area contributed by atoms with Crippen molar-refractivity contribution in [3.05, 3.63) is 24.3 Å². The molecule has 0 heterocycles. The van der Waals surface area contributed by atoms with E-state index in [9.17, 15) is 19.8 Å². The molecule has 0 aliphatic carbocycles. The van der Waals surface area contributed by atoms with Crippen LogP contribution >= 0.6 is 0 Å². The summed E-state index contributed by atoms with van der Waals surface area (Å²) < 4.78 is 5.50. The highest BCUT2D eigenvalue weighted by molar-refractivity contribution is 5.76. The Bertz CT molecular complexity index is 1400. The summed E-state index contributed by atoms with van der Waals surface area (Å²) in [6.07, 6.45) is 102. The van der Waals surface area contributed by atoms with E-state index in [0.29, 0.717) is 19.4 Å². The van der Waals surface area contributed by atoms with E-state index in [1.165, 1.54) is 398 Å². The lowest BCUT2D eigenvalue weighted by Gasteiger charge is -2.20. The van der Waals surface area contributed by atoms with Crippen LogP contribution in [0.5, 0.6) is 0 Å². The van der Waals surface area contributed by atoms with Gasteiger partial charge in [0, 0.05) is 12.8 Å². The highest BCUT2D eigenvalue weighted by Crippen LogP contribution is 2.20. The van der Waals surface area contributed by atoms with Gasteiger partial charge in [-0.2, -0.15) is 0 Å². The number of unbranched alkanes of at least 4 members (excludes halogenated alkanes) is 65. The van der Waals surface area contributed by atoms with Crippen LogP contribution in [0.1, 0.15) is 470 Å². The van der Waals surface area contributed by atoms with Gasteiger partial charge in [-0.3, -0.25) is 9.59 Å². The second-order valence-electron chi connectivity index (χ2n) is 28.5. The molecule has 0 bridgehead atoms. The van der Waals surface area contributed by atoms with E-state index >= 15 is 0 Å². The third kappa shape index (κ3) is 75.3. The summed E-state index contributed by atoms with van der Waals surface area (Å²) in [7, 11) is 0. The molecule has 0 saturated heterocycles. The monoisotopic (exact) mass is 1250 g/mol. The molecule has 2 unspecified atom stereocenters. The fourth-order valence-corrected chi connectivity index (χ4v) is 13.2. The zero-order valence-electron chi connectivity index (χ0n) is 60.7. The molecule has 0 aliphatic heterocycles. The van der Waals surface area contributed by atoms with Crippen LogP contribution in [-0.2, 0) is 14.3 Å². The standard InChI is InChI=1S/C83H161NO5/c1-3-5-7-9-11-13-15-17-19-20-21-39-42-45-48-51-55-59-63-67-71-75-81(86)80(79-85)84-82(87)76-72-68-64-60-56-52-49-46-43-40-37-35-33-31-29-27-25-23-22-24-26-28-30-32-34-36-38-41-44-47-50-54-58-62-66-70-74-78-89-83(88)77-73-69-65-61-57-53-18-16-14-12-10-8-6-4-2/h16,18,71,75,80-81,85-86H,3-15,17,19-70,72-74,76-79H2,1-2H3,(H,84,87)/b18-16-,75-71+. The van der Waals surface area contributed by atoms with Gasteiger partial charge in [-0.25, -0.2) is 0 Å². The minimum absolute atomic E-state index is 0.0155. The van der Waals surface area contributed by atoms with Crippen molar-refractivity contribution in [1.82, 2.24) is 5.32 Å². The molecular formula is C83H161NO5. The number of hydrogen-bond donors (Lipinski definition) is 3. The smallest absolute Gasteiger partial charge is 0.305 e. The second kappa shape index (κ2) is 78.8. The van der Waals surface area contributed by atoms with Gasteiger partial charge in [0.1, 0.15) is 0 Å². The fourth-order valence-electron chi connectivity index (χ4n) is 13.2. The minimum Gasteiger partial charge on any atom is -0.466 e. The Kier molecular flexibility index (Phi) is 77.3. The number of nitrogens with one attached hydrogen (secondary N) is 1. The molecule has 528 valence electrons. The highest BCUT2D eigenvalue weighted by atomic mass is 16.5. The molecule has 0 aromatic carbocycles. The summed E-state index contributed by atoms with van der Waals surface area (Å²) >= 11 is 0. The highest BCUT2D eigenvalue weighted by Gasteiger charge is 2.18. The van der Waals surface area contributed by atoms with Crippen molar-refractivity contribution in [3.63, 3.8) is 0 Å². The molecule has 0 fully saturated rings. The SMILES string of the molecule is CCCCCCC/C=C\CCCCCCCC(=O)OCCCCCCCCCCCCCCCCCCCCCCCCCCCCCCCCCCCCCCCC(=O)NC(CO)C(O)/C=C/CCCCCCCCCCCCCCCCCCCCC. The van der Waals surface area contributed by atoms with Gasteiger partial charge < -0.3 is 20.3 Å². The Balaban J connectivity index is 3.32. The van der Waals surface area contributed by atoms with Gasteiger partial charge in [0.05, 0.1) is 25.4 Å². The maximum absolute atomic E-state index is 12.5. The molecule has 0 aromatic heterocycles. The van der Waals surface area contributed by atoms with Gasteiger partial charge in [-0.1, -0.05) is 423 Å². The molecule has 0 saturated carbocycles.